The van der Waals surface area contributed by atoms with Crippen molar-refractivity contribution in [3.63, 3.8) is 0 Å². The Balaban J connectivity index is 0.000000293. The monoisotopic (exact) mass is 964 g/mol. The molecule has 6 rings (SSSR count). The molecule has 0 atom stereocenters. The molecule has 0 nitrogen and oxygen atoms in total. The Hall–Kier alpha value is -2.22. The second-order valence-corrected chi connectivity index (χ2v) is 28.4. The van der Waals surface area contributed by atoms with Crippen molar-refractivity contribution in [1.82, 2.24) is 0 Å². The van der Waals surface area contributed by atoms with Gasteiger partial charge in [0.15, 0.2) is 0 Å². The van der Waals surface area contributed by atoms with Crippen LogP contribution in [0.1, 0.15) is 169 Å². The molecule has 0 saturated heterocycles. The Bertz CT molecular complexity index is 2180. The Labute approximate surface area is 401 Å². The summed E-state index contributed by atoms with van der Waals surface area (Å²) >= 11 is -0.826. The second-order valence-electron chi connectivity index (χ2n) is 23.7. The molecule has 0 aliphatic carbocycles. The van der Waals surface area contributed by atoms with Crippen LogP contribution in [0.2, 0.25) is 13.1 Å². The summed E-state index contributed by atoms with van der Waals surface area (Å²) in [6.07, 6.45) is 0. The summed E-state index contributed by atoms with van der Waals surface area (Å²) in [5.41, 5.74) is 17.4. The van der Waals surface area contributed by atoms with E-state index in [0.717, 1.165) is 9.52 Å². The Kier molecular flexibility index (Phi) is 17.9. The first kappa shape index (κ1) is 54.1. The minimum absolute atomic E-state index is 0.0916. The van der Waals surface area contributed by atoms with Gasteiger partial charge < -0.3 is 0 Å². The van der Waals surface area contributed by atoms with Crippen LogP contribution >= 0.6 is 17.0 Å². The summed E-state index contributed by atoms with van der Waals surface area (Å²) in [7, 11) is 11.0. The number of aryl methyl sites for hydroxylation is 2. The van der Waals surface area contributed by atoms with Crippen LogP contribution in [-0.4, -0.2) is 9.52 Å². The average molecular weight is 967 g/mol. The van der Waals surface area contributed by atoms with Gasteiger partial charge in [-0.05, 0) is 65.9 Å². The van der Waals surface area contributed by atoms with E-state index in [2.05, 4.69) is 236 Å². The summed E-state index contributed by atoms with van der Waals surface area (Å²) in [4.78, 5) is 0. The second kappa shape index (κ2) is 20.5. The van der Waals surface area contributed by atoms with Crippen molar-refractivity contribution in [2.45, 2.75) is 184 Å². The molecule has 0 fully saturated rings. The van der Waals surface area contributed by atoms with E-state index < -0.39 is 20.8 Å². The van der Waals surface area contributed by atoms with Gasteiger partial charge in [-0.3, -0.25) is 0 Å². The first-order valence-corrected chi connectivity index (χ1v) is 30.8. The molecule has 0 unspecified atom stereocenters. The Morgan fingerprint density at radius 3 is 0.855 bits per heavy atom. The SMILES string of the molecule is C[Si]C.Cc1cc2c(-c3cc(C(C)(C)C)cc(C(C)(C)C)c3)c(C(C)(C)C)ccc2[cH-]1.Cc1cc2c(-c3cc(C(C)(C)C)cc(C(C)(C)C)c3)c(C(C)(C)C)ccc2[cH-]1.[Cl][Zr+2][Cl]. The summed E-state index contributed by atoms with van der Waals surface area (Å²) in [5, 5.41) is 5.46. The number of fused-ring (bicyclic) bond motifs is 2. The standard InChI is InChI=1S/2C28H37.C2H6Si.2ClH.Zr/c2*1-18-13-19-11-12-24(28(8,9)10)25(23(19)14-18)20-15-21(26(2,3)4)17-22(16-20)27(5,6)7;1-3-2;;;/h2*11-17H,1-10H3;1-2H3;2*1H;/q2*-1;;;;+4/p-2. The van der Waals surface area contributed by atoms with Crippen molar-refractivity contribution in [2.24, 2.45) is 0 Å². The van der Waals surface area contributed by atoms with Gasteiger partial charge in [0.25, 0.3) is 0 Å². The first-order chi connectivity index (χ1) is 28.2. The number of benzene rings is 4. The van der Waals surface area contributed by atoms with Crippen LogP contribution in [0.25, 0.3) is 43.8 Å². The summed E-state index contributed by atoms with van der Waals surface area (Å²) in [6, 6.07) is 33.2. The van der Waals surface area contributed by atoms with Crippen molar-refractivity contribution in [1.29, 1.82) is 0 Å². The van der Waals surface area contributed by atoms with Gasteiger partial charge >= 0.3 is 37.9 Å². The van der Waals surface area contributed by atoms with E-state index in [0.29, 0.717) is 0 Å². The third-order valence-corrected chi connectivity index (χ3v) is 11.6. The molecule has 0 N–H and O–H groups in total. The first-order valence-electron chi connectivity index (χ1n) is 22.5. The maximum absolute atomic E-state index is 4.93. The zero-order valence-electron chi connectivity index (χ0n) is 42.8. The quantitative estimate of drug-likeness (QED) is 0.120. The molecular weight excluding hydrogens is 887 g/mol. The van der Waals surface area contributed by atoms with E-state index >= 15 is 0 Å². The van der Waals surface area contributed by atoms with Gasteiger partial charge in [0.1, 0.15) is 0 Å². The van der Waals surface area contributed by atoms with Crippen molar-refractivity contribution < 1.29 is 20.8 Å². The molecule has 0 aliphatic heterocycles. The molecule has 4 heteroatoms. The van der Waals surface area contributed by atoms with Gasteiger partial charge in [0, 0.05) is 9.52 Å². The van der Waals surface area contributed by atoms with E-state index in [1.807, 2.05) is 0 Å². The van der Waals surface area contributed by atoms with Gasteiger partial charge in [-0.2, -0.15) is 12.1 Å². The molecule has 0 aromatic heterocycles. The van der Waals surface area contributed by atoms with Crippen LogP contribution in [0.15, 0.2) is 84.9 Å². The van der Waals surface area contributed by atoms with Gasteiger partial charge in [-0.25, -0.2) is 0 Å². The molecule has 62 heavy (non-hydrogen) atoms. The summed E-state index contributed by atoms with van der Waals surface area (Å²) in [6.45, 7) is 50.4. The minimum atomic E-state index is -0.826. The molecule has 0 spiro atoms. The summed E-state index contributed by atoms with van der Waals surface area (Å²) < 4.78 is 0. The topological polar surface area (TPSA) is 0 Å². The van der Waals surface area contributed by atoms with E-state index in [1.54, 1.807) is 0 Å². The molecule has 0 bridgehead atoms. The van der Waals surface area contributed by atoms with Crippen LogP contribution in [0.3, 0.4) is 0 Å². The number of hydrogen-bond acceptors (Lipinski definition) is 0. The third-order valence-electron chi connectivity index (χ3n) is 11.6. The van der Waals surface area contributed by atoms with Crippen LogP contribution in [0.4, 0.5) is 0 Å². The van der Waals surface area contributed by atoms with Gasteiger partial charge in [0.05, 0.1) is 0 Å². The average Bonchev–Trinajstić information content (AvgIpc) is 3.69. The fourth-order valence-corrected chi connectivity index (χ4v) is 8.01. The fraction of sp³-hybridized carbons (Fsp3) is 0.483. The molecule has 0 saturated carbocycles. The zero-order chi connectivity index (χ0) is 47.6. The van der Waals surface area contributed by atoms with Crippen molar-refractivity contribution in [3.8, 4) is 22.3 Å². The molecule has 6 aromatic carbocycles. The van der Waals surface area contributed by atoms with Gasteiger partial charge in [-0.15, -0.1) is 69.1 Å². The molecule has 334 valence electrons. The van der Waals surface area contributed by atoms with E-state index in [-0.39, 0.29) is 32.5 Å². The molecular formula is C58H80Cl2SiZr. The van der Waals surface area contributed by atoms with Crippen molar-refractivity contribution >= 4 is 48.1 Å². The number of rotatable bonds is 2. The maximum atomic E-state index is 4.93. The molecule has 2 radical (unpaired) electrons. The van der Waals surface area contributed by atoms with Gasteiger partial charge in [-0.1, -0.05) is 210 Å². The molecule has 0 aliphatic rings. The van der Waals surface area contributed by atoms with Gasteiger partial charge in [0.2, 0.25) is 0 Å². The Morgan fingerprint density at radius 2 is 0.645 bits per heavy atom. The fourth-order valence-electron chi connectivity index (χ4n) is 8.01. The zero-order valence-corrected chi connectivity index (χ0v) is 47.8. The van der Waals surface area contributed by atoms with E-state index in [4.69, 9.17) is 17.0 Å². The van der Waals surface area contributed by atoms with Crippen LogP contribution in [-0.2, 0) is 53.3 Å². The van der Waals surface area contributed by atoms with Crippen LogP contribution in [0, 0.1) is 13.8 Å². The summed E-state index contributed by atoms with van der Waals surface area (Å²) in [5.74, 6) is 0. The molecule has 0 amide bonds. The molecule has 0 heterocycles. The van der Waals surface area contributed by atoms with Crippen molar-refractivity contribution in [2.75, 3.05) is 0 Å². The predicted octanol–water partition coefficient (Wildman–Crippen LogP) is 19.0. The van der Waals surface area contributed by atoms with Crippen LogP contribution in [0.5, 0.6) is 0 Å². The number of halogens is 2. The predicted molar refractivity (Wildman–Crippen MR) is 281 cm³/mol. The van der Waals surface area contributed by atoms with E-state index in [9.17, 15) is 0 Å². The normalized spacial score (nSPS) is 12.5. The van der Waals surface area contributed by atoms with Crippen LogP contribution < -0.4 is 0 Å². The van der Waals surface area contributed by atoms with Crippen molar-refractivity contribution in [3.05, 3.63) is 129 Å². The number of hydrogen-bond donors (Lipinski definition) is 0. The third kappa shape index (κ3) is 13.9. The molecule has 6 aromatic rings. The Morgan fingerprint density at radius 1 is 0.403 bits per heavy atom. The van der Waals surface area contributed by atoms with E-state index in [1.165, 1.54) is 88.3 Å².